The van der Waals surface area contributed by atoms with Gasteiger partial charge in [-0.3, -0.25) is 9.88 Å². The van der Waals surface area contributed by atoms with Gasteiger partial charge in [0.25, 0.3) is 0 Å². The molecule has 0 saturated carbocycles. The second-order valence-corrected chi connectivity index (χ2v) is 8.14. The van der Waals surface area contributed by atoms with E-state index in [0.29, 0.717) is 6.04 Å². The smallest absolute Gasteiger partial charge is 0.127 e. The minimum atomic E-state index is 0.492. The molecule has 2 aromatic heterocycles. The molecular weight excluding hydrogens is 352 g/mol. The number of rotatable bonds is 5. The van der Waals surface area contributed by atoms with Crippen molar-refractivity contribution >= 4 is 28.5 Å². The lowest BCUT2D eigenvalue weighted by Gasteiger charge is -2.32. The van der Waals surface area contributed by atoms with Crippen LogP contribution in [0.15, 0.2) is 53.7 Å². The van der Waals surface area contributed by atoms with E-state index in [1.807, 2.05) is 12.4 Å². The van der Waals surface area contributed by atoms with Crippen molar-refractivity contribution in [2.45, 2.75) is 37.2 Å². The Hall–Kier alpha value is -2.11. The number of hydrogen-bond acceptors (Lipinski definition) is 5. The Morgan fingerprint density at radius 2 is 1.89 bits per heavy atom. The number of thioether (sulfide) groups is 1. The Labute approximate surface area is 165 Å². The molecule has 1 N–H and O–H groups in total. The molecule has 1 aliphatic rings. The number of nitrogens with zero attached hydrogens (tertiary/aromatic N) is 3. The van der Waals surface area contributed by atoms with Crippen molar-refractivity contribution in [1.29, 1.82) is 0 Å². The molecule has 4 nitrogen and oxygen atoms in total. The Morgan fingerprint density at radius 3 is 2.63 bits per heavy atom. The van der Waals surface area contributed by atoms with Crippen molar-refractivity contribution in [3.63, 3.8) is 0 Å². The number of nitrogens with one attached hydrogen (secondary N) is 1. The average Bonchev–Trinajstić information content (AvgIpc) is 2.70. The van der Waals surface area contributed by atoms with Crippen LogP contribution >= 0.6 is 11.8 Å². The summed E-state index contributed by atoms with van der Waals surface area (Å²) < 4.78 is 0. The molecule has 3 aromatic rings. The van der Waals surface area contributed by atoms with Crippen LogP contribution in [0.5, 0.6) is 0 Å². The van der Waals surface area contributed by atoms with Crippen molar-refractivity contribution in [2.24, 2.45) is 0 Å². The fraction of sp³-hybridized carbons (Fsp3) is 0.364. The van der Waals surface area contributed by atoms with Crippen LogP contribution in [0.25, 0.3) is 10.9 Å². The molecule has 0 amide bonds. The highest BCUT2D eigenvalue weighted by Gasteiger charge is 2.19. The van der Waals surface area contributed by atoms with Gasteiger partial charge < -0.3 is 5.32 Å². The zero-order valence-electron chi connectivity index (χ0n) is 16.0. The number of piperidine rings is 1. The predicted octanol–water partition coefficient (Wildman–Crippen LogP) is 4.74. The van der Waals surface area contributed by atoms with Gasteiger partial charge in [-0.25, -0.2) is 4.98 Å². The summed E-state index contributed by atoms with van der Waals surface area (Å²) in [6.07, 6.45) is 8.15. The molecule has 0 spiro atoms. The molecule has 3 heterocycles. The van der Waals surface area contributed by atoms with E-state index in [1.54, 1.807) is 11.8 Å². The van der Waals surface area contributed by atoms with Gasteiger partial charge in [0.1, 0.15) is 5.82 Å². The van der Waals surface area contributed by atoms with E-state index in [4.69, 9.17) is 4.98 Å². The average molecular weight is 379 g/mol. The first-order chi connectivity index (χ1) is 13.2. The number of hydrogen-bond donors (Lipinski definition) is 1. The first-order valence-electron chi connectivity index (χ1n) is 9.54. The van der Waals surface area contributed by atoms with Gasteiger partial charge >= 0.3 is 0 Å². The number of benzene rings is 1. The molecule has 0 unspecified atom stereocenters. The molecule has 0 aliphatic carbocycles. The molecule has 4 rings (SSSR count). The molecule has 0 atom stereocenters. The van der Waals surface area contributed by atoms with Crippen LogP contribution in [-0.2, 0) is 6.54 Å². The third kappa shape index (κ3) is 4.42. The lowest BCUT2D eigenvalue weighted by atomic mass is 10.0. The molecule has 0 radical (unpaired) electrons. The lowest BCUT2D eigenvalue weighted by molar-refractivity contribution is 0.211. The van der Waals surface area contributed by atoms with Crippen molar-refractivity contribution in [1.82, 2.24) is 14.9 Å². The van der Waals surface area contributed by atoms with Crippen LogP contribution < -0.4 is 5.32 Å². The highest BCUT2D eigenvalue weighted by molar-refractivity contribution is 7.98. The fourth-order valence-electron chi connectivity index (χ4n) is 3.77. The maximum Gasteiger partial charge on any atom is 0.127 e. The minimum Gasteiger partial charge on any atom is -0.367 e. The number of aryl methyl sites for hydroxylation is 1. The topological polar surface area (TPSA) is 41.0 Å². The number of aromatic nitrogens is 2. The van der Waals surface area contributed by atoms with Crippen LogP contribution in [0.3, 0.4) is 0 Å². The quantitative estimate of drug-likeness (QED) is 0.650. The Morgan fingerprint density at radius 1 is 1.11 bits per heavy atom. The molecule has 1 fully saturated rings. The molecule has 1 saturated heterocycles. The van der Waals surface area contributed by atoms with E-state index in [1.165, 1.54) is 21.4 Å². The van der Waals surface area contributed by atoms with E-state index >= 15 is 0 Å². The maximum atomic E-state index is 4.88. The van der Waals surface area contributed by atoms with Gasteiger partial charge in [0.2, 0.25) is 0 Å². The molecule has 0 bridgehead atoms. The normalized spacial score (nSPS) is 15.9. The highest BCUT2D eigenvalue weighted by atomic mass is 32.2. The Bertz CT molecular complexity index is 905. The first-order valence-corrected chi connectivity index (χ1v) is 10.8. The van der Waals surface area contributed by atoms with Gasteiger partial charge in [0.05, 0.1) is 5.52 Å². The van der Waals surface area contributed by atoms with Gasteiger partial charge in [-0.2, -0.15) is 0 Å². The maximum absolute atomic E-state index is 4.88. The Balaban J connectivity index is 1.40. The third-order valence-corrected chi connectivity index (χ3v) is 6.04. The van der Waals surface area contributed by atoms with E-state index in [9.17, 15) is 0 Å². The van der Waals surface area contributed by atoms with E-state index in [0.717, 1.165) is 43.8 Å². The number of anilines is 1. The third-order valence-electron chi connectivity index (χ3n) is 5.32. The summed E-state index contributed by atoms with van der Waals surface area (Å²) in [7, 11) is 0. The summed E-state index contributed by atoms with van der Waals surface area (Å²) in [6, 6.07) is 13.4. The van der Waals surface area contributed by atoms with Gasteiger partial charge in [0.15, 0.2) is 0 Å². The van der Waals surface area contributed by atoms with Crippen LogP contribution in [0.1, 0.15) is 24.0 Å². The van der Waals surface area contributed by atoms with Crippen molar-refractivity contribution < 1.29 is 0 Å². The number of pyridine rings is 2. The van der Waals surface area contributed by atoms with Crippen LogP contribution in [0.2, 0.25) is 0 Å². The summed E-state index contributed by atoms with van der Waals surface area (Å²) in [5.41, 5.74) is 3.71. The van der Waals surface area contributed by atoms with Crippen LogP contribution in [-0.4, -0.2) is 40.3 Å². The van der Waals surface area contributed by atoms with E-state index in [-0.39, 0.29) is 0 Å². The SMILES string of the molecule is CSc1ccc2c(C)cc(NC3CCN(Cc4ccncc4)CC3)nc2c1. The van der Waals surface area contributed by atoms with E-state index < -0.39 is 0 Å². The largest absolute Gasteiger partial charge is 0.367 e. The molecular formula is C22H26N4S. The molecule has 140 valence electrons. The van der Waals surface area contributed by atoms with Crippen LogP contribution in [0, 0.1) is 6.92 Å². The molecule has 1 aromatic carbocycles. The zero-order chi connectivity index (χ0) is 18.6. The second-order valence-electron chi connectivity index (χ2n) is 7.26. The lowest BCUT2D eigenvalue weighted by Crippen LogP contribution is -2.38. The van der Waals surface area contributed by atoms with Gasteiger partial charge in [-0.1, -0.05) is 6.07 Å². The summed E-state index contributed by atoms with van der Waals surface area (Å²) >= 11 is 1.76. The molecule has 5 heteroatoms. The predicted molar refractivity (Wildman–Crippen MR) is 114 cm³/mol. The minimum absolute atomic E-state index is 0.492. The molecule has 1 aliphatic heterocycles. The number of fused-ring (bicyclic) bond motifs is 1. The van der Waals surface area contributed by atoms with Gasteiger partial charge in [0, 0.05) is 48.4 Å². The van der Waals surface area contributed by atoms with Crippen molar-refractivity contribution in [3.8, 4) is 0 Å². The number of likely N-dealkylation sites (tertiary alicyclic amines) is 1. The summed E-state index contributed by atoms with van der Waals surface area (Å²) in [4.78, 5) is 12.8. The highest BCUT2D eigenvalue weighted by Crippen LogP contribution is 2.26. The standard InChI is InChI=1S/C22H26N4S/c1-16-13-22(25-21-14-19(27-2)3-4-20(16)21)24-18-7-11-26(12-8-18)15-17-5-9-23-10-6-17/h3-6,9-10,13-14,18H,7-8,11-12,15H2,1-2H3,(H,24,25). The van der Waals surface area contributed by atoms with Crippen molar-refractivity contribution in [3.05, 3.63) is 59.9 Å². The van der Waals surface area contributed by atoms with E-state index in [2.05, 4.69) is 64.8 Å². The second kappa shape index (κ2) is 8.28. The fourth-order valence-corrected chi connectivity index (χ4v) is 4.21. The first kappa shape index (κ1) is 18.3. The Kier molecular flexibility index (Phi) is 5.60. The summed E-state index contributed by atoms with van der Waals surface area (Å²) in [6.45, 7) is 5.41. The van der Waals surface area contributed by atoms with Gasteiger partial charge in [-0.15, -0.1) is 11.8 Å². The zero-order valence-corrected chi connectivity index (χ0v) is 16.8. The monoisotopic (exact) mass is 378 g/mol. The summed E-state index contributed by atoms with van der Waals surface area (Å²) in [5, 5.41) is 4.92. The summed E-state index contributed by atoms with van der Waals surface area (Å²) in [5.74, 6) is 1.01. The van der Waals surface area contributed by atoms with Gasteiger partial charge in [-0.05, 0) is 67.5 Å². The van der Waals surface area contributed by atoms with Crippen LogP contribution in [0.4, 0.5) is 5.82 Å². The van der Waals surface area contributed by atoms with Crippen molar-refractivity contribution in [2.75, 3.05) is 24.7 Å². The molecule has 27 heavy (non-hydrogen) atoms.